The predicted octanol–water partition coefficient (Wildman–Crippen LogP) is 3.02. The van der Waals surface area contributed by atoms with Crippen molar-refractivity contribution in [2.45, 2.75) is 38.3 Å². The standard InChI is InChI=1S/C22H26N4O4/c1-22(2,15-27)23-12-11-21(28)25-20(16-7-4-3-5-8-16)14-19(24-25)17-9-6-10-18(13-17)26(29)30/h3-10,13,20,23,27H,11-12,14-15H2,1-2H3/t20-/m1/s1. The molecule has 0 saturated heterocycles. The molecule has 0 unspecified atom stereocenters. The van der Waals surface area contributed by atoms with Crippen molar-refractivity contribution in [3.05, 3.63) is 75.8 Å². The van der Waals surface area contributed by atoms with E-state index in [2.05, 4.69) is 10.4 Å². The molecule has 1 aliphatic rings. The van der Waals surface area contributed by atoms with E-state index in [1.807, 2.05) is 44.2 Å². The average molecular weight is 410 g/mol. The Morgan fingerprint density at radius 3 is 2.67 bits per heavy atom. The first-order valence-corrected chi connectivity index (χ1v) is 9.86. The molecule has 158 valence electrons. The Bertz CT molecular complexity index is 943. The molecule has 1 aliphatic heterocycles. The molecular formula is C22H26N4O4. The Kier molecular flexibility index (Phi) is 6.59. The summed E-state index contributed by atoms with van der Waals surface area (Å²) in [6.45, 7) is 4.09. The number of benzene rings is 2. The van der Waals surface area contributed by atoms with E-state index in [1.165, 1.54) is 17.1 Å². The number of amides is 1. The summed E-state index contributed by atoms with van der Waals surface area (Å²) in [5, 5.41) is 29.7. The summed E-state index contributed by atoms with van der Waals surface area (Å²) in [6.07, 6.45) is 0.699. The number of carbonyl (C=O) groups excluding carboxylic acids is 1. The van der Waals surface area contributed by atoms with Crippen LogP contribution in [-0.2, 0) is 4.79 Å². The summed E-state index contributed by atoms with van der Waals surface area (Å²) in [5.74, 6) is -0.148. The summed E-state index contributed by atoms with van der Waals surface area (Å²) in [6, 6.07) is 15.7. The van der Waals surface area contributed by atoms with E-state index in [1.54, 1.807) is 12.1 Å². The van der Waals surface area contributed by atoms with Gasteiger partial charge in [0.05, 0.1) is 23.3 Å². The fourth-order valence-electron chi connectivity index (χ4n) is 3.33. The van der Waals surface area contributed by atoms with Crippen LogP contribution in [0, 0.1) is 10.1 Å². The van der Waals surface area contributed by atoms with Gasteiger partial charge in [-0.3, -0.25) is 14.9 Å². The molecule has 2 N–H and O–H groups in total. The van der Waals surface area contributed by atoms with Gasteiger partial charge in [0.1, 0.15) is 0 Å². The van der Waals surface area contributed by atoms with Gasteiger partial charge >= 0.3 is 0 Å². The minimum Gasteiger partial charge on any atom is -0.394 e. The normalized spacial score (nSPS) is 16.4. The van der Waals surface area contributed by atoms with E-state index in [0.29, 0.717) is 24.2 Å². The first-order chi connectivity index (χ1) is 14.3. The highest BCUT2D eigenvalue weighted by Crippen LogP contribution is 2.33. The maximum atomic E-state index is 13.0. The van der Waals surface area contributed by atoms with Gasteiger partial charge in [0.25, 0.3) is 5.69 Å². The molecule has 0 aliphatic carbocycles. The number of nitrogens with zero attached hydrogens (tertiary/aromatic N) is 3. The lowest BCUT2D eigenvalue weighted by Crippen LogP contribution is -2.44. The highest BCUT2D eigenvalue weighted by atomic mass is 16.6. The number of aliphatic hydroxyl groups is 1. The molecule has 8 nitrogen and oxygen atoms in total. The molecule has 0 fully saturated rings. The van der Waals surface area contributed by atoms with Crippen LogP contribution in [0.15, 0.2) is 59.7 Å². The third-order valence-electron chi connectivity index (χ3n) is 5.08. The molecular weight excluding hydrogens is 384 g/mol. The molecule has 1 atom stereocenters. The maximum Gasteiger partial charge on any atom is 0.270 e. The van der Waals surface area contributed by atoms with E-state index < -0.39 is 10.5 Å². The number of hydrogen-bond donors (Lipinski definition) is 2. The van der Waals surface area contributed by atoms with Crippen LogP contribution in [0.2, 0.25) is 0 Å². The molecule has 0 spiro atoms. The number of nitro benzene ring substituents is 1. The van der Waals surface area contributed by atoms with Crippen LogP contribution >= 0.6 is 0 Å². The van der Waals surface area contributed by atoms with Gasteiger partial charge in [-0.15, -0.1) is 0 Å². The molecule has 2 aromatic carbocycles. The van der Waals surface area contributed by atoms with Crippen LogP contribution in [0.1, 0.15) is 43.9 Å². The summed E-state index contributed by atoms with van der Waals surface area (Å²) >= 11 is 0. The van der Waals surface area contributed by atoms with Crippen molar-refractivity contribution in [3.63, 3.8) is 0 Å². The highest BCUT2D eigenvalue weighted by Gasteiger charge is 2.33. The zero-order valence-corrected chi connectivity index (χ0v) is 17.1. The van der Waals surface area contributed by atoms with Crippen LogP contribution in [0.3, 0.4) is 0 Å². The lowest BCUT2D eigenvalue weighted by molar-refractivity contribution is -0.384. The number of nitrogens with one attached hydrogen (secondary N) is 1. The number of carbonyl (C=O) groups is 1. The van der Waals surface area contributed by atoms with E-state index in [-0.39, 0.29) is 30.7 Å². The minimum atomic E-state index is -0.471. The zero-order chi connectivity index (χ0) is 21.7. The largest absolute Gasteiger partial charge is 0.394 e. The summed E-state index contributed by atoms with van der Waals surface area (Å²) in [4.78, 5) is 23.7. The number of non-ortho nitro benzene ring substituents is 1. The first kappa shape index (κ1) is 21.6. The second-order valence-corrected chi connectivity index (χ2v) is 7.94. The third-order valence-corrected chi connectivity index (χ3v) is 5.08. The fraction of sp³-hybridized carbons (Fsp3) is 0.364. The fourth-order valence-corrected chi connectivity index (χ4v) is 3.33. The van der Waals surface area contributed by atoms with Crippen molar-refractivity contribution in [3.8, 4) is 0 Å². The Hall–Kier alpha value is -3.10. The summed E-state index contributed by atoms with van der Waals surface area (Å²) in [5.41, 5.74) is 1.76. The monoisotopic (exact) mass is 410 g/mol. The molecule has 0 saturated carbocycles. The zero-order valence-electron chi connectivity index (χ0n) is 17.1. The topological polar surface area (TPSA) is 108 Å². The number of aliphatic hydroxyl groups excluding tert-OH is 1. The van der Waals surface area contributed by atoms with Crippen molar-refractivity contribution in [2.75, 3.05) is 13.2 Å². The Morgan fingerprint density at radius 2 is 2.00 bits per heavy atom. The molecule has 30 heavy (non-hydrogen) atoms. The number of rotatable bonds is 8. The van der Waals surface area contributed by atoms with E-state index in [9.17, 15) is 20.0 Å². The number of hydrazone groups is 1. The van der Waals surface area contributed by atoms with Crippen molar-refractivity contribution in [2.24, 2.45) is 5.10 Å². The van der Waals surface area contributed by atoms with E-state index >= 15 is 0 Å². The lowest BCUT2D eigenvalue weighted by Gasteiger charge is -2.25. The molecule has 0 aromatic heterocycles. The van der Waals surface area contributed by atoms with Crippen LogP contribution < -0.4 is 5.32 Å². The Labute approximate surface area is 175 Å². The van der Waals surface area contributed by atoms with Crippen molar-refractivity contribution in [1.82, 2.24) is 10.3 Å². The molecule has 1 heterocycles. The average Bonchev–Trinajstić information content (AvgIpc) is 3.20. The first-order valence-electron chi connectivity index (χ1n) is 9.86. The Morgan fingerprint density at radius 1 is 1.27 bits per heavy atom. The van der Waals surface area contributed by atoms with Crippen LogP contribution in [-0.4, -0.2) is 45.3 Å². The van der Waals surface area contributed by atoms with Gasteiger partial charge in [-0.2, -0.15) is 5.10 Å². The SMILES string of the molecule is CC(C)(CO)NCCC(=O)N1N=C(c2cccc([N+](=O)[O-])c2)C[C@@H]1c1ccccc1. The second kappa shape index (κ2) is 9.15. The van der Waals surface area contributed by atoms with Gasteiger partial charge in [0.15, 0.2) is 0 Å². The molecule has 8 heteroatoms. The number of nitro groups is 1. The quantitative estimate of drug-likeness (QED) is 0.514. The van der Waals surface area contributed by atoms with Gasteiger partial charge in [-0.05, 0) is 19.4 Å². The predicted molar refractivity (Wildman–Crippen MR) is 114 cm³/mol. The van der Waals surface area contributed by atoms with Gasteiger partial charge < -0.3 is 10.4 Å². The lowest BCUT2D eigenvalue weighted by atomic mass is 9.98. The van der Waals surface area contributed by atoms with Crippen LogP contribution in [0.5, 0.6) is 0 Å². The minimum absolute atomic E-state index is 0.00771. The third kappa shape index (κ3) is 5.08. The molecule has 0 bridgehead atoms. The molecule has 0 radical (unpaired) electrons. The summed E-state index contributed by atoms with van der Waals surface area (Å²) in [7, 11) is 0. The van der Waals surface area contributed by atoms with Crippen molar-refractivity contribution < 1.29 is 14.8 Å². The van der Waals surface area contributed by atoms with Gasteiger partial charge in [0.2, 0.25) is 5.91 Å². The van der Waals surface area contributed by atoms with Crippen LogP contribution in [0.4, 0.5) is 5.69 Å². The van der Waals surface area contributed by atoms with Crippen molar-refractivity contribution >= 4 is 17.3 Å². The molecule has 3 rings (SSSR count). The maximum absolute atomic E-state index is 13.0. The summed E-state index contributed by atoms with van der Waals surface area (Å²) < 4.78 is 0. The van der Waals surface area contributed by atoms with Crippen LogP contribution in [0.25, 0.3) is 0 Å². The van der Waals surface area contributed by atoms with Gasteiger partial charge in [0, 0.05) is 42.6 Å². The molecule has 2 aromatic rings. The Balaban J connectivity index is 1.83. The van der Waals surface area contributed by atoms with Gasteiger partial charge in [-0.25, -0.2) is 5.01 Å². The number of hydrogen-bond acceptors (Lipinski definition) is 6. The van der Waals surface area contributed by atoms with E-state index in [0.717, 1.165) is 5.56 Å². The molecule has 1 amide bonds. The smallest absolute Gasteiger partial charge is 0.270 e. The highest BCUT2D eigenvalue weighted by molar-refractivity contribution is 6.03. The van der Waals surface area contributed by atoms with Crippen molar-refractivity contribution in [1.29, 1.82) is 0 Å². The van der Waals surface area contributed by atoms with E-state index in [4.69, 9.17) is 0 Å². The van der Waals surface area contributed by atoms with Gasteiger partial charge in [-0.1, -0.05) is 42.5 Å². The second-order valence-electron chi connectivity index (χ2n) is 7.94.